The largest absolute Gasteiger partial charge is 0.450 e. The van der Waals surface area contributed by atoms with Crippen LogP contribution in [0.1, 0.15) is 37.9 Å². The minimum Gasteiger partial charge on any atom is -0.450 e. The van der Waals surface area contributed by atoms with Gasteiger partial charge in [-0.3, -0.25) is 4.99 Å². The molecule has 9 heteroatoms. The Morgan fingerprint density at radius 3 is 2.80 bits per heavy atom. The average Bonchev–Trinajstić information content (AvgIpc) is 3.03. The molecule has 0 radical (unpaired) electrons. The molecule has 1 aromatic heterocycles. The fourth-order valence-electron chi connectivity index (χ4n) is 2.70. The average molecular weight is 352 g/mol. The van der Waals surface area contributed by atoms with E-state index < -0.39 is 0 Å². The zero-order valence-corrected chi connectivity index (χ0v) is 15.2. The highest BCUT2D eigenvalue weighted by Crippen LogP contribution is 2.11. The summed E-state index contributed by atoms with van der Waals surface area (Å²) in [7, 11) is 1.75. The number of hydrogen-bond donors (Lipinski definition) is 2. The topological polar surface area (TPSA) is 105 Å². The van der Waals surface area contributed by atoms with Crippen LogP contribution < -0.4 is 10.6 Å². The van der Waals surface area contributed by atoms with Crippen LogP contribution in [0.4, 0.5) is 4.79 Å². The molecule has 2 N–H and O–H groups in total. The number of carbonyl (C=O) groups excluding carboxylic acids is 1. The first-order chi connectivity index (χ1) is 12.1. The molecule has 1 aromatic rings. The summed E-state index contributed by atoms with van der Waals surface area (Å²) in [6.07, 6.45) is 3.15. The van der Waals surface area contributed by atoms with E-state index in [9.17, 15) is 4.79 Å². The molecule has 0 saturated carbocycles. The van der Waals surface area contributed by atoms with E-state index in [1.165, 1.54) is 0 Å². The Balaban J connectivity index is 1.64. The number of aromatic nitrogens is 2. The molecule has 1 aliphatic heterocycles. The van der Waals surface area contributed by atoms with Crippen LogP contribution in [0.25, 0.3) is 0 Å². The number of rotatable bonds is 6. The number of likely N-dealkylation sites (tertiary alicyclic amines) is 1. The van der Waals surface area contributed by atoms with Gasteiger partial charge in [0, 0.05) is 39.1 Å². The minimum absolute atomic E-state index is 0.222. The molecule has 0 aromatic carbocycles. The maximum absolute atomic E-state index is 11.7. The molecule has 9 nitrogen and oxygen atoms in total. The van der Waals surface area contributed by atoms with Crippen molar-refractivity contribution in [3.05, 3.63) is 11.7 Å². The second-order valence-electron chi connectivity index (χ2n) is 5.94. The van der Waals surface area contributed by atoms with Crippen molar-refractivity contribution in [3.63, 3.8) is 0 Å². The van der Waals surface area contributed by atoms with E-state index in [1.54, 1.807) is 11.9 Å². The Hall–Kier alpha value is -2.32. The fraction of sp³-hybridized carbons (Fsp3) is 0.750. The summed E-state index contributed by atoms with van der Waals surface area (Å²) < 4.78 is 10.1. The number of nitrogens with zero attached hydrogens (tertiary/aromatic N) is 4. The molecule has 1 aliphatic rings. The second-order valence-corrected chi connectivity index (χ2v) is 5.94. The predicted octanol–water partition coefficient (Wildman–Crippen LogP) is 1.10. The van der Waals surface area contributed by atoms with Crippen molar-refractivity contribution in [2.45, 2.75) is 45.6 Å². The standard InChI is InChI=1S/C16H28N6O3/c1-4-24-16(23)22-10-7-13(8-11-22)20-15(17-3)18-9-5-6-14-19-12(2)21-25-14/h13H,4-11H2,1-3H3,(H2,17,18,20). The number of nitrogens with one attached hydrogen (secondary N) is 2. The number of hydrogen-bond acceptors (Lipinski definition) is 6. The highest BCUT2D eigenvalue weighted by Gasteiger charge is 2.23. The van der Waals surface area contributed by atoms with Gasteiger partial charge in [0.2, 0.25) is 5.89 Å². The van der Waals surface area contributed by atoms with E-state index in [0.717, 1.165) is 38.2 Å². The van der Waals surface area contributed by atoms with Gasteiger partial charge in [-0.05, 0) is 33.1 Å². The lowest BCUT2D eigenvalue weighted by Gasteiger charge is -2.32. The van der Waals surface area contributed by atoms with Gasteiger partial charge in [-0.1, -0.05) is 5.16 Å². The SMILES string of the molecule is CCOC(=O)N1CCC(NC(=NC)NCCCc2nc(C)no2)CC1. The highest BCUT2D eigenvalue weighted by atomic mass is 16.6. The first kappa shape index (κ1) is 19.0. The molecule has 0 spiro atoms. The highest BCUT2D eigenvalue weighted by molar-refractivity contribution is 5.80. The summed E-state index contributed by atoms with van der Waals surface area (Å²) in [6, 6.07) is 0.301. The Bertz CT molecular complexity index is 566. The third kappa shape index (κ3) is 6.24. The fourth-order valence-corrected chi connectivity index (χ4v) is 2.70. The van der Waals surface area contributed by atoms with Crippen LogP contribution in [0.3, 0.4) is 0 Å². The van der Waals surface area contributed by atoms with Crippen molar-refractivity contribution >= 4 is 12.1 Å². The number of aliphatic imine (C=N–C) groups is 1. The molecule has 140 valence electrons. The van der Waals surface area contributed by atoms with Gasteiger partial charge < -0.3 is 24.8 Å². The van der Waals surface area contributed by atoms with E-state index >= 15 is 0 Å². The number of piperidine rings is 1. The van der Waals surface area contributed by atoms with E-state index in [-0.39, 0.29) is 6.09 Å². The summed E-state index contributed by atoms with van der Waals surface area (Å²) in [5.74, 6) is 2.10. The summed E-state index contributed by atoms with van der Waals surface area (Å²) >= 11 is 0. The van der Waals surface area contributed by atoms with E-state index in [2.05, 4.69) is 25.8 Å². The molecule has 1 fully saturated rings. The molecular formula is C16H28N6O3. The molecule has 0 bridgehead atoms. The molecule has 0 unspecified atom stereocenters. The number of carbonyl (C=O) groups is 1. The van der Waals surface area contributed by atoms with Crippen LogP contribution in [-0.4, -0.2) is 66.4 Å². The number of guanidine groups is 1. The van der Waals surface area contributed by atoms with Gasteiger partial charge in [0.15, 0.2) is 11.8 Å². The van der Waals surface area contributed by atoms with Gasteiger partial charge in [0.1, 0.15) is 0 Å². The second kappa shape index (κ2) is 9.85. The summed E-state index contributed by atoms with van der Waals surface area (Å²) in [5.41, 5.74) is 0. The summed E-state index contributed by atoms with van der Waals surface area (Å²) in [6.45, 7) is 6.21. The lowest BCUT2D eigenvalue weighted by atomic mass is 10.1. The van der Waals surface area contributed by atoms with Gasteiger partial charge in [-0.25, -0.2) is 4.79 Å². The Morgan fingerprint density at radius 1 is 1.44 bits per heavy atom. The van der Waals surface area contributed by atoms with E-state index in [4.69, 9.17) is 9.26 Å². The maximum atomic E-state index is 11.7. The smallest absolute Gasteiger partial charge is 0.409 e. The van der Waals surface area contributed by atoms with Gasteiger partial charge >= 0.3 is 6.09 Å². The molecule has 1 saturated heterocycles. The van der Waals surface area contributed by atoms with Crippen LogP contribution in [0.15, 0.2) is 9.52 Å². The third-order valence-corrected chi connectivity index (χ3v) is 4.01. The van der Waals surface area contributed by atoms with Gasteiger partial charge in [-0.2, -0.15) is 4.98 Å². The van der Waals surface area contributed by atoms with E-state index in [1.807, 2.05) is 13.8 Å². The molecule has 1 amide bonds. The van der Waals surface area contributed by atoms with Crippen molar-refractivity contribution < 1.29 is 14.1 Å². The van der Waals surface area contributed by atoms with Crippen LogP contribution in [-0.2, 0) is 11.2 Å². The monoisotopic (exact) mass is 352 g/mol. The molecule has 2 heterocycles. The number of amides is 1. The van der Waals surface area contributed by atoms with Crippen LogP contribution in [0.2, 0.25) is 0 Å². The summed E-state index contributed by atoms with van der Waals surface area (Å²) in [5, 5.41) is 10.5. The minimum atomic E-state index is -0.222. The first-order valence-electron chi connectivity index (χ1n) is 8.80. The normalized spacial score (nSPS) is 16.0. The van der Waals surface area contributed by atoms with Crippen molar-refractivity contribution in [1.29, 1.82) is 0 Å². The lowest BCUT2D eigenvalue weighted by Crippen LogP contribution is -2.50. The summed E-state index contributed by atoms with van der Waals surface area (Å²) in [4.78, 5) is 21.9. The Kier molecular flexibility index (Phi) is 7.49. The molecular weight excluding hydrogens is 324 g/mol. The number of aryl methyl sites for hydroxylation is 2. The first-order valence-corrected chi connectivity index (χ1v) is 8.80. The maximum Gasteiger partial charge on any atom is 0.409 e. The molecule has 0 aliphatic carbocycles. The van der Waals surface area contributed by atoms with Crippen LogP contribution in [0, 0.1) is 6.92 Å². The quantitative estimate of drug-likeness (QED) is 0.449. The molecule has 0 atom stereocenters. The van der Waals surface area contributed by atoms with Gasteiger partial charge in [0.25, 0.3) is 0 Å². The zero-order valence-electron chi connectivity index (χ0n) is 15.2. The van der Waals surface area contributed by atoms with Gasteiger partial charge in [0.05, 0.1) is 6.61 Å². The number of ether oxygens (including phenoxy) is 1. The van der Waals surface area contributed by atoms with Crippen LogP contribution in [0.5, 0.6) is 0 Å². The lowest BCUT2D eigenvalue weighted by molar-refractivity contribution is 0.0963. The van der Waals surface area contributed by atoms with Crippen molar-refractivity contribution in [3.8, 4) is 0 Å². The van der Waals surface area contributed by atoms with Crippen molar-refractivity contribution in [2.24, 2.45) is 4.99 Å². The Labute approximate surface area is 148 Å². The zero-order chi connectivity index (χ0) is 18.1. The third-order valence-electron chi connectivity index (χ3n) is 4.01. The molecule has 25 heavy (non-hydrogen) atoms. The predicted molar refractivity (Wildman–Crippen MR) is 93.5 cm³/mol. The van der Waals surface area contributed by atoms with Crippen LogP contribution >= 0.6 is 0 Å². The van der Waals surface area contributed by atoms with E-state index in [0.29, 0.717) is 37.5 Å². The van der Waals surface area contributed by atoms with Crippen molar-refractivity contribution in [2.75, 3.05) is 33.3 Å². The van der Waals surface area contributed by atoms with Gasteiger partial charge in [-0.15, -0.1) is 0 Å². The van der Waals surface area contributed by atoms with Crippen molar-refractivity contribution in [1.82, 2.24) is 25.7 Å². The molecule has 2 rings (SSSR count). The Morgan fingerprint density at radius 2 is 2.20 bits per heavy atom.